The number of aromatic nitrogens is 1. The summed E-state index contributed by atoms with van der Waals surface area (Å²) >= 11 is 0. The van der Waals surface area contributed by atoms with E-state index < -0.39 is 5.54 Å². The number of nitrogens with one attached hydrogen (secondary N) is 2. The zero-order valence-electron chi connectivity index (χ0n) is 28.4. The van der Waals surface area contributed by atoms with Crippen molar-refractivity contribution in [3.8, 4) is 22.8 Å². The van der Waals surface area contributed by atoms with Crippen molar-refractivity contribution in [2.75, 3.05) is 32.2 Å². The Hall–Kier alpha value is -4.60. The van der Waals surface area contributed by atoms with Crippen LogP contribution in [0.4, 0.5) is 5.69 Å². The summed E-state index contributed by atoms with van der Waals surface area (Å²) in [5.74, 6) is 1.61. The molecule has 2 heterocycles. The molecule has 0 spiro atoms. The first-order valence-corrected chi connectivity index (χ1v) is 17.6. The maximum atomic E-state index is 13.9. The summed E-state index contributed by atoms with van der Waals surface area (Å²) in [4.78, 5) is 37.4. The molecule has 7 rings (SSSR count). The van der Waals surface area contributed by atoms with Crippen LogP contribution in [0.3, 0.4) is 0 Å². The summed E-state index contributed by atoms with van der Waals surface area (Å²) in [5, 5.41) is 7.37. The van der Waals surface area contributed by atoms with Crippen molar-refractivity contribution >= 4 is 34.5 Å². The fraction of sp³-hybridized carbons (Fsp3) is 0.400. The largest absolute Gasteiger partial charge is 0.497 e. The van der Waals surface area contributed by atoms with Crippen LogP contribution >= 0.6 is 0 Å². The number of hydrogen-bond donors (Lipinski definition) is 2. The van der Waals surface area contributed by atoms with Crippen LogP contribution in [0.1, 0.15) is 85.7 Å². The molecule has 2 amide bonds. The Morgan fingerprint density at radius 2 is 1.80 bits per heavy atom. The second kappa shape index (κ2) is 14.5. The van der Waals surface area contributed by atoms with Crippen LogP contribution in [0.15, 0.2) is 66.7 Å². The smallest absolute Gasteiger partial charge is 0.252 e. The standard InChI is InChI=1S/C40H45N3O6/c1-3-48-49-23-7-9-27-12-15-30(16-13-27)41-39(45)40(20-8-21-40)42-38(44)29-14-18-32-34(25-29)43-22-24-47-35-26-31(46-2)17-19-33(35)37(43)36(32)28-10-5-4-6-11-28/h7,9,12-19,25-26,28H,3-6,8,10-11,20-24H2,1-2H3,(H,41,45)(H,42,44)/b9-7+. The second-order valence-corrected chi connectivity index (χ2v) is 13.3. The predicted octanol–water partition coefficient (Wildman–Crippen LogP) is 8.03. The molecule has 0 radical (unpaired) electrons. The van der Waals surface area contributed by atoms with Gasteiger partial charge in [-0.1, -0.05) is 49.6 Å². The van der Waals surface area contributed by atoms with Crippen molar-refractivity contribution in [1.82, 2.24) is 9.88 Å². The lowest BCUT2D eigenvalue weighted by molar-refractivity contribution is -0.282. The third-order valence-electron chi connectivity index (χ3n) is 10.2. The minimum atomic E-state index is -0.948. The lowest BCUT2D eigenvalue weighted by Crippen LogP contribution is -2.61. The summed E-state index contributed by atoms with van der Waals surface area (Å²) in [5.41, 5.74) is 5.89. The number of anilines is 1. The van der Waals surface area contributed by atoms with Gasteiger partial charge in [0, 0.05) is 33.8 Å². The van der Waals surface area contributed by atoms with E-state index in [-0.39, 0.29) is 11.8 Å². The number of hydrogen-bond acceptors (Lipinski definition) is 6. The first-order valence-electron chi connectivity index (χ1n) is 17.6. The summed E-state index contributed by atoms with van der Waals surface area (Å²) in [6, 6.07) is 19.7. The molecule has 3 aliphatic rings. The molecule has 256 valence electrons. The number of rotatable bonds is 11. The summed E-state index contributed by atoms with van der Waals surface area (Å²) in [6.07, 6.45) is 11.9. The third kappa shape index (κ3) is 6.70. The number of benzene rings is 3. The average Bonchev–Trinajstić information content (AvgIpc) is 3.31. The number of nitrogens with zero attached hydrogens (tertiary/aromatic N) is 1. The highest BCUT2D eigenvalue weighted by Crippen LogP contribution is 2.48. The molecule has 0 atom stereocenters. The molecule has 9 nitrogen and oxygen atoms in total. The van der Waals surface area contributed by atoms with Crippen LogP contribution in [0.2, 0.25) is 0 Å². The van der Waals surface area contributed by atoms with Gasteiger partial charge in [-0.15, -0.1) is 0 Å². The molecule has 1 aliphatic heterocycles. The maximum absolute atomic E-state index is 13.9. The van der Waals surface area contributed by atoms with Crippen LogP contribution in [0, 0.1) is 0 Å². The first kappa shape index (κ1) is 32.9. The molecule has 0 unspecified atom stereocenters. The van der Waals surface area contributed by atoms with E-state index in [0.717, 1.165) is 47.4 Å². The molecule has 2 saturated carbocycles. The second-order valence-electron chi connectivity index (χ2n) is 13.3. The van der Waals surface area contributed by atoms with E-state index in [4.69, 9.17) is 19.2 Å². The van der Waals surface area contributed by atoms with Crippen LogP contribution in [0.25, 0.3) is 28.2 Å². The minimum Gasteiger partial charge on any atom is -0.497 e. The topological polar surface area (TPSA) is 100 Å². The Balaban J connectivity index is 1.14. The quantitative estimate of drug-likeness (QED) is 0.0958. The van der Waals surface area contributed by atoms with Gasteiger partial charge in [0.05, 0.1) is 26.0 Å². The lowest BCUT2D eigenvalue weighted by Gasteiger charge is -2.40. The van der Waals surface area contributed by atoms with Gasteiger partial charge in [0.25, 0.3) is 5.91 Å². The summed E-state index contributed by atoms with van der Waals surface area (Å²) < 4.78 is 14.1. The van der Waals surface area contributed by atoms with Crippen molar-refractivity contribution in [1.29, 1.82) is 0 Å². The van der Waals surface area contributed by atoms with Gasteiger partial charge in [0.1, 0.15) is 30.3 Å². The van der Waals surface area contributed by atoms with E-state index in [1.54, 1.807) is 7.11 Å². The molecular weight excluding hydrogens is 618 g/mol. The van der Waals surface area contributed by atoms with Crippen LogP contribution < -0.4 is 20.1 Å². The normalized spacial score (nSPS) is 17.0. The monoisotopic (exact) mass is 663 g/mol. The van der Waals surface area contributed by atoms with Gasteiger partial charge in [0.2, 0.25) is 5.91 Å². The van der Waals surface area contributed by atoms with Gasteiger partial charge in [-0.3, -0.25) is 9.59 Å². The van der Waals surface area contributed by atoms with Crippen molar-refractivity contribution in [2.24, 2.45) is 0 Å². The number of amides is 2. The highest BCUT2D eigenvalue weighted by Gasteiger charge is 2.45. The molecule has 9 heteroatoms. The number of methoxy groups -OCH3 is 1. The molecule has 49 heavy (non-hydrogen) atoms. The van der Waals surface area contributed by atoms with Crippen LogP contribution in [0.5, 0.6) is 11.5 Å². The Labute approximate surface area is 287 Å². The fourth-order valence-electron chi connectivity index (χ4n) is 7.55. The Bertz CT molecular complexity index is 1850. The van der Waals surface area contributed by atoms with E-state index in [1.165, 1.54) is 35.9 Å². The Morgan fingerprint density at radius 1 is 0.980 bits per heavy atom. The molecule has 3 aromatic carbocycles. The summed E-state index contributed by atoms with van der Waals surface area (Å²) in [6.45, 7) is 3.90. The molecule has 2 fully saturated rings. The van der Waals surface area contributed by atoms with Gasteiger partial charge in [0.15, 0.2) is 0 Å². The zero-order valence-corrected chi connectivity index (χ0v) is 28.4. The number of carbonyl (C=O) groups is 2. The maximum Gasteiger partial charge on any atom is 0.252 e. The van der Waals surface area contributed by atoms with E-state index in [9.17, 15) is 9.59 Å². The van der Waals surface area contributed by atoms with Crippen molar-refractivity contribution < 1.29 is 28.8 Å². The van der Waals surface area contributed by atoms with Crippen molar-refractivity contribution in [2.45, 2.75) is 76.3 Å². The molecule has 0 saturated heterocycles. The number of ether oxygens (including phenoxy) is 2. The van der Waals surface area contributed by atoms with E-state index in [1.807, 2.05) is 67.6 Å². The number of carbonyl (C=O) groups excluding carboxylic acids is 2. The molecular formula is C40H45N3O6. The van der Waals surface area contributed by atoms with Gasteiger partial charge in [-0.2, -0.15) is 0 Å². The predicted molar refractivity (Wildman–Crippen MR) is 191 cm³/mol. The van der Waals surface area contributed by atoms with Gasteiger partial charge in [-0.25, -0.2) is 9.78 Å². The molecule has 2 aliphatic carbocycles. The van der Waals surface area contributed by atoms with E-state index in [2.05, 4.69) is 27.3 Å². The molecule has 4 aromatic rings. The Kier molecular flexibility index (Phi) is 9.73. The average molecular weight is 664 g/mol. The number of fused-ring (bicyclic) bond motifs is 5. The van der Waals surface area contributed by atoms with Crippen LogP contribution in [-0.4, -0.2) is 48.9 Å². The van der Waals surface area contributed by atoms with E-state index in [0.29, 0.717) is 56.4 Å². The molecule has 1 aromatic heterocycles. The van der Waals surface area contributed by atoms with Gasteiger partial charge < -0.3 is 24.7 Å². The SMILES string of the molecule is CCOOC/C=C/c1ccc(NC(=O)C2(NC(=O)c3ccc4c(C5CCCCC5)c5n(c4c3)CCOc3cc(OC)ccc3-5)CCC2)cc1. The molecule has 2 N–H and O–H groups in total. The third-order valence-corrected chi connectivity index (χ3v) is 10.2. The van der Waals surface area contributed by atoms with Gasteiger partial charge >= 0.3 is 0 Å². The Morgan fingerprint density at radius 3 is 2.53 bits per heavy atom. The van der Waals surface area contributed by atoms with Crippen molar-refractivity contribution in [3.63, 3.8) is 0 Å². The van der Waals surface area contributed by atoms with E-state index >= 15 is 0 Å². The summed E-state index contributed by atoms with van der Waals surface area (Å²) in [7, 11) is 1.67. The first-order chi connectivity index (χ1) is 24.0. The highest BCUT2D eigenvalue weighted by atomic mass is 17.2. The van der Waals surface area contributed by atoms with Crippen LogP contribution in [-0.2, 0) is 21.1 Å². The minimum absolute atomic E-state index is 0.193. The van der Waals surface area contributed by atoms with Crippen molar-refractivity contribution in [3.05, 3.63) is 83.4 Å². The molecule has 0 bridgehead atoms. The van der Waals surface area contributed by atoms with Gasteiger partial charge in [-0.05, 0) is 92.5 Å². The lowest BCUT2D eigenvalue weighted by atomic mass is 9.75. The zero-order chi connectivity index (χ0) is 33.8. The fourth-order valence-corrected chi connectivity index (χ4v) is 7.55. The highest BCUT2D eigenvalue weighted by molar-refractivity contribution is 6.06.